The van der Waals surface area contributed by atoms with Crippen LogP contribution in [0.3, 0.4) is 0 Å². The smallest absolute Gasteiger partial charge is 0.205 e. The molecule has 0 amide bonds. The average molecular weight is 396 g/mol. The van der Waals surface area contributed by atoms with Gasteiger partial charge in [0.25, 0.3) is 0 Å². The van der Waals surface area contributed by atoms with Crippen LogP contribution < -0.4 is 5.32 Å². The summed E-state index contributed by atoms with van der Waals surface area (Å²) in [6.45, 7) is 12.8. The van der Waals surface area contributed by atoms with Crippen molar-refractivity contribution >= 4 is 12.2 Å². The van der Waals surface area contributed by atoms with Gasteiger partial charge in [-0.25, -0.2) is 9.98 Å². The molecule has 3 heteroatoms. The van der Waals surface area contributed by atoms with Crippen LogP contribution in [-0.2, 0) is 5.66 Å². The standard InChI is InChI=1S/C27H29N3/c1-17-7-10-23(20(4)13-17)26-28-16-29-27(30-26,24-11-8-18(2)14-21(24)5)25-12-9-19(3)15-22(25)6/h7-16H,1-6H3,(H,28,29,30). The maximum atomic E-state index is 5.30. The van der Waals surface area contributed by atoms with Crippen molar-refractivity contribution in [2.75, 3.05) is 0 Å². The molecule has 1 heterocycles. The molecule has 0 spiro atoms. The van der Waals surface area contributed by atoms with Crippen molar-refractivity contribution in [3.8, 4) is 0 Å². The Morgan fingerprint density at radius 2 is 1.13 bits per heavy atom. The molecule has 3 nitrogen and oxygen atoms in total. The van der Waals surface area contributed by atoms with Crippen LogP contribution in [0.5, 0.6) is 0 Å². The minimum atomic E-state index is -0.812. The zero-order valence-electron chi connectivity index (χ0n) is 18.7. The van der Waals surface area contributed by atoms with Gasteiger partial charge in [0.2, 0.25) is 5.66 Å². The molecule has 3 aromatic carbocycles. The Labute approximate surface area is 179 Å². The number of amidine groups is 1. The lowest BCUT2D eigenvalue weighted by molar-refractivity contribution is 0.559. The molecule has 0 aromatic heterocycles. The van der Waals surface area contributed by atoms with Crippen molar-refractivity contribution in [3.63, 3.8) is 0 Å². The number of nitrogens with zero attached hydrogens (tertiary/aromatic N) is 2. The quantitative estimate of drug-likeness (QED) is 0.596. The third-order valence-electron chi connectivity index (χ3n) is 5.88. The van der Waals surface area contributed by atoms with Crippen LogP contribution in [0.4, 0.5) is 0 Å². The number of aryl methyl sites for hydroxylation is 6. The van der Waals surface area contributed by atoms with Crippen molar-refractivity contribution in [2.24, 2.45) is 9.98 Å². The Balaban J connectivity index is 2.01. The van der Waals surface area contributed by atoms with Crippen molar-refractivity contribution in [1.82, 2.24) is 5.32 Å². The third kappa shape index (κ3) is 3.45. The van der Waals surface area contributed by atoms with E-state index in [0.29, 0.717) is 0 Å². The number of aliphatic imine (C=N–C) groups is 2. The van der Waals surface area contributed by atoms with Gasteiger partial charge in [-0.1, -0.05) is 71.3 Å². The van der Waals surface area contributed by atoms with Crippen LogP contribution in [-0.4, -0.2) is 12.2 Å². The normalized spacial score (nSPS) is 14.9. The Hall–Kier alpha value is -3.20. The molecular formula is C27H29N3. The molecule has 0 bridgehead atoms. The van der Waals surface area contributed by atoms with E-state index in [0.717, 1.165) is 22.5 Å². The van der Waals surface area contributed by atoms with E-state index in [1.165, 1.54) is 33.4 Å². The zero-order chi connectivity index (χ0) is 21.5. The molecule has 1 aliphatic rings. The fourth-order valence-electron chi connectivity index (χ4n) is 4.44. The van der Waals surface area contributed by atoms with Gasteiger partial charge in [-0.2, -0.15) is 0 Å². The second-order valence-corrected chi connectivity index (χ2v) is 8.49. The van der Waals surface area contributed by atoms with Crippen LogP contribution >= 0.6 is 0 Å². The van der Waals surface area contributed by atoms with E-state index in [1.807, 2.05) is 0 Å². The lowest BCUT2D eigenvalue weighted by Crippen LogP contribution is -2.37. The van der Waals surface area contributed by atoms with Gasteiger partial charge in [-0.3, -0.25) is 0 Å². The van der Waals surface area contributed by atoms with Crippen LogP contribution in [0.2, 0.25) is 0 Å². The number of benzene rings is 3. The predicted molar refractivity (Wildman–Crippen MR) is 127 cm³/mol. The highest BCUT2D eigenvalue weighted by atomic mass is 15.2. The monoisotopic (exact) mass is 395 g/mol. The molecule has 0 saturated heterocycles. The number of nitrogens with one attached hydrogen (secondary N) is 1. The van der Waals surface area contributed by atoms with Crippen molar-refractivity contribution in [2.45, 2.75) is 47.2 Å². The molecule has 1 aliphatic heterocycles. The number of rotatable bonds is 3. The average Bonchev–Trinajstić information content (AvgIpc) is 2.68. The van der Waals surface area contributed by atoms with Crippen molar-refractivity contribution < 1.29 is 0 Å². The molecule has 1 N–H and O–H groups in total. The molecule has 0 radical (unpaired) electrons. The van der Waals surface area contributed by atoms with E-state index in [9.17, 15) is 0 Å². The Morgan fingerprint density at radius 1 is 0.633 bits per heavy atom. The van der Waals surface area contributed by atoms with Crippen molar-refractivity contribution in [3.05, 3.63) is 105 Å². The fraction of sp³-hybridized carbons (Fsp3) is 0.259. The summed E-state index contributed by atoms with van der Waals surface area (Å²) in [5.74, 6) is 0.849. The summed E-state index contributed by atoms with van der Waals surface area (Å²) in [6.07, 6.45) is 1.81. The molecule has 152 valence electrons. The van der Waals surface area contributed by atoms with Gasteiger partial charge >= 0.3 is 0 Å². The predicted octanol–water partition coefficient (Wildman–Crippen LogP) is 5.82. The molecule has 0 unspecified atom stereocenters. The maximum Gasteiger partial charge on any atom is 0.205 e. The molecular weight excluding hydrogens is 366 g/mol. The fourth-order valence-corrected chi connectivity index (χ4v) is 4.44. The number of hydrogen-bond acceptors (Lipinski definition) is 3. The highest BCUT2D eigenvalue weighted by Crippen LogP contribution is 2.40. The second kappa shape index (κ2) is 7.56. The van der Waals surface area contributed by atoms with Gasteiger partial charge in [-0.05, 0) is 58.2 Å². The van der Waals surface area contributed by atoms with Gasteiger partial charge in [0.05, 0.1) is 6.34 Å². The first kappa shape index (κ1) is 20.1. The molecule has 0 saturated carbocycles. The lowest BCUT2D eigenvalue weighted by Gasteiger charge is -2.33. The van der Waals surface area contributed by atoms with Gasteiger partial charge in [-0.15, -0.1) is 0 Å². The summed E-state index contributed by atoms with van der Waals surface area (Å²) in [5.41, 5.74) is 9.82. The number of hydrogen-bond donors (Lipinski definition) is 1. The van der Waals surface area contributed by atoms with Crippen LogP contribution in [0.1, 0.15) is 50.1 Å². The summed E-state index contributed by atoms with van der Waals surface area (Å²) in [7, 11) is 0. The highest BCUT2D eigenvalue weighted by Gasteiger charge is 2.38. The first-order valence-corrected chi connectivity index (χ1v) is 10.4. The van der Waals surface area contributed by atoms with Gasteiger partial charge in [0.15, 0.2) is 0 Å². The van der Waals surface area contributed by atoms with E-state index >= 15 is 0 Å². The Bertz CT molecular complexity index is 1130. The summed E-state index contributed by atoms with van der Waals surface area (Å²) in [6, 6.07) is 19.6. The topological polar surface area (TPSA) is 36.8 Å². The zero-order valence-corrected chi connectivity index (χ0v) is 18.7. The summed E-state index contributed by atoms with van der Waals surface area (Å²) in [5, 5.41) is 3.31. The highest BCUT2D eigenvalue weighted by molar-refractivity contribution is 6.07. The maximum absolute atomic E-state index is 5.30. The van der Waals surface area contributed by atoms with E-state index in [1.54, 1.807) is 6.34 Å². The SMILES string of the molecule is Cc1ccc(C2=NC(c3ccc(C)cc3C)(c3ccc(C)cc3C)N=CN2)c(C)c1. The summed E-state index contributed by atoms with van der Waals surface area (Å²) >= 11 is 0. The molecule has 0 atom stereocenters. The molecule has 4 rings (SSSR count). The Kier molecular flexibility index (Phi) is 5.07. The van der Waals surface area contributed by atoms with Gasteiger partial charge in [0.1, 0.15) is 5.84 Å². The van der Waals surface area contributed by atoms with E-state index in [4.69, 9.17) is 9.98 Å². The first-order valence-electron chi connectivity index (χ1n) is 10.4. The first-order chi connectivity index (χ1) is 14.3. The molecule has 0 fully saturated rings. The lowest BCUT2D eigenvalue weighted by atomic mass is 9.85. The van der Waals surface area contributed by atoms with Crippen LogP contribution in [0, 0.1) is 41.5 Å². The third-order valence-corrected chi connectivity index (χ3v) is 5.88. The second-order valence-electron chi connectivity index (χ2n) is 8.49. The van der Waals surface area contributed by atoms with E-state index in [2.05, 4.69) is 101 Å². The van der Waals surface area contributed by atoms with Gasteiger partial charge in [0, 0.05) is 16.7 Å². The molecule has 30 heavy (non-hydrogen) atoms. The molecule has 0 aliphatic carbocycles. The Morgan fingerprint density at radius 3 is 1.63 bits per heavy atom. The van der Waals surface area contributed by atoms with Crippen molar-refractivity contribution in [1.29, 1.82) is 0 Å². The van der Waals surface area contributed by atoms with Gasteiger partial charge < -0.3 is 5.32 Å². The minimum absolute atomic E-state index is 0.812. The van der Waals surface area contributed by atoms with Crippen LogP contribution in [0.15, 0.2) is 64.6 Å². The van der Waals surface area contributed by atoms with Crippen LogP contribution in [0.25, 0.3) is 0 Å². The largest absolute Gasteiger partial charge is 0.331 e. The minimum Gasteiger partial charge on any atom is -0.331 e. The summed E-state index contributed by atoms with van der Waals surface area (Å²) in [4.78, 5) is 10.3. The van der Waals surface area contributed by atoms with E-state index in [-0.39, 0.29) is 0 Å². The van der Waals surface area contributed by atoms with E-state index < -0.39 is 5.66 Å². The molecule has 3 aromatic rings. The summed E-state index contributed by atoms with van der Waals surface area (Å²) < 4.78 is 0.